The Morgan fingerprint density at radius 3 is 2.38 bits per heavy atom. The largest absolute Gasteiger partial charge is 0.321 e. The van der Waals surface area contributed by atoms with E-state index in [1.807, 2.05) is 30.3 Å². The van der Waals surface area contributed by atoms with Crippen molar-refractivity contribution in [2.24, 2.45) is 22.5 Å². The molecule has 0 radical (unpaired) electrons. The zero-order valence-electron chi connectivity index (χ0n) is 7.14. The molecule has 1 atom stereocenters. The minimum absolute atomic E-state index is 0.353. The van der Waals surface area contributed by atoms with Gasteiger partial charge in [-0.05, 0) is 5.56 Å². The molecular weight excluding hydrogens is 166 g/mol. The first-order valence-electron chi connectivity index (χ1n) is 3.84. The van der Waals surface area contributed by atoms with Crippen molar-refractivity contribution < 1.29 is 0 Å². The van der Waals surface area contributed by atoms with Crippen molar-refractivity contribution in [1.29, 1.82) is 0 Å². The van der Waals surface area contributed by atoms with Crippen molar-refractivity contribution in [3.8, 4) is 0 Å². The molecule has 0 heterocycles. The standard InChI is InChI=1S/C8H13N5/c9-7(8(12-10)13-11)6-4-2-1-3-5-6/h1-5,7H,9-11H2,(H,12,13). The van der Waals surface area contributed by atoms with Crippen molar-refractivity contribution in [2.75, 3.05) is 0 Å². The summed E-state index contributed by atoms with van der Waals surface area (Å²) in [4.78, 5) is 0. The van der Waals surface area contributed by atoms with Crippen LogP contribution in [0.25, 0.3) is 0 Å². The fraction of sp³-hybridized carbons (Fsp3) is 0.125. The molecule has 0 bridgehead atoms. The van der Waals surface area contributed by atoms with Gasteiger partial charge in [-0.3, -0.25) is 0 Å². The average Bonchev–Trinajstić information content (AvgIpc) is 2.21. The summed E-state index contributed by atoms with van der Waals surface area (Å²) in [5, 5.41) is 3.44. The van der Waals surface area contributed by atoms with Crippen LogP contribution in [0.3, 0.4) is 0 Å². The van der Waals surface area contributed by atoms with E-state index in [2.05, 4.69) is 10.5 Å². The van der Waals surface area contributed by atoms with Crippen LogP contribution in [0.15, 0.2) is 35.4 Å². The summed E-state index contributed by atoms with van der Waals surface area (Å²) >= 11 is 0. The first kappa shape index (κ1) is 9.50. The van der Waals surface area contributed by atoms with Crippen LogP contribution < -0.4 is 22.8 Å². The van der Waals surface area contributed by atoms with E-state index in [4.69, 9.17) is 17.4 Å². The molecule has 7 N–H and O–H groups in total. The normalized spacial score (nSPS) is 13.8. The third-order valence-corrected chi connectivity index (χ3v) is 1.74. The third-order valence-electron chi connectivity index (χ3n) is 1.74. The zero-order valence-corrected chi connectivity index (χ0v) is 7.14. The summed E-state index contributed by atoms with van der Waals surface area (Å²) in [7, 11) is 0. The average molecular weight is 179 g/mol. The van der Waals surface area contributed by atoms with E-state index < -0.39 is 6.04 Å². The number of hydrazine groups is 1. The maximum Gasteiger partial charge on any atom is 0.157 e. The van der Waals surface area contributed by atoms with E-state index in [1.54, 1.807) is 0 Å². The summed E-state index contributed by atoms with van der Waals surface area (Å²) < 4.78 is 0. The smallest absolute Gasteiger partial charge is 0.157 e. The van der Waals surface area contributed by atoms with Gasteiger partial charge in [0.05, 0.1) is 6.04 Å². The molecule has 0 fully saturated rings. The molecule has 0 saturated carbocycles. The minimum Gasteiger partial charge on any atom is -0.321 e. The zero-order chi connectivity index (χ0) is 9.68. The quantitative estimate of drug-likeness (QED) is 0.211. The molecule has 13 heavy (non-hydrogen) atoms. The Bertz CT molecular complexity index is 282. The molecule has 1 unspecified atom stereocenters. The lowest BCUT2D eigenvalue weighted by atomic mass is 10.1. The van der Waals surface area contributed by atoms with Gasteiger partial charge in [0.25, 0.3) is 0 Å². The maximum absolute atomic E-state index is 5.81. The van der Waals surface area contributed by atoms with Gasteiger partial charge in [0, 0.05) is 0 Å². The molecule has 0 aliphatic carbocycles. The molecule has 1 rings (SSSR count). The van der Waals surface area contributed by atoms with Crippen LogP contribution in [-0.4, -0.2) is 5.84 Å². The Morgan fingerprint density at radius 2 is 1.92 bits per heavy atom. The fourth-order valence-electron chi connectivity index (χ4n) is 1.03. The Hall–Kier alpha value is -1.59. The maximum atomic E-state index is 5.81. The Morgan fingerprint density at radius 1 is 1.31 bits per heavy atom. The van der Waals surface area contributed by atoms with Crippen LogP contribution in [0.2, 0.25) is 0 Å². The van der Waals surface area contributed by atoms with Gasteiger partial charge in [-0.2, -0.15) is 5.10 Å². The van der Waals surface area contributed by atoms with Crippen LogP contribution in [-0.2, 0) is 0 Å². The van der Waals surface area contributed by atoms with Gasteiger partial charge in [0.2, 0.25) is 0 Å². The summed E-state index contributed by atoms with van der Waals surface area (Å²) in [6.07, 6.45) is 0. The second kappa shape index (κ2) is 4.44. The van der Waals surface area contributed by atoms with Crippen molar-refractivity contribution in [3.63, 3.8) is 0 Å². The lowest BCUT2D eigenvalue weighted by Crippen LogP contribution is -2.39. The highest BCUT2D eigenvalue weighted by Crippen LogP contribution is 2.09. The second-order valence-corrected chi connectivity index (χ2v) is 2.55. The molecule has 5 nitrogen and oxygen atoms in total. The molecule has 5 heteroatoms. The predicted molar refractivity (Wildman–Crippen MR) is 52.3 cm³/mol. The van der Waals surface area contributed by atoms with Gasteiger partial charge in [0.1, 0.15) is 0 Å². The van der Waals surface area contributed by atoms with Gasteiger partial charge in [-0.25, -0.2) is 5.84 Å². The highest BCUT2D eigenvalue weighted by molar-refractivity contribution is 5.87. The SMILES string of the molecule is N/N=C(\NN)C(N)c1ccccc1. The number of rotatable bonds is 2. The van der Waals surface area contributed by atoms with Crippen molar-refractivity contribution >= 4 is 5.84 Å². The summed E-state index contributed by atoms with van der Waals surface area (Å²) in [5.74, 6) is 10.6. The Labute approximate surface area is 76.6 Å². The number of hydrogen-bond donors (Lipinski definition) is 4. The van der Waals surface area contributed by atoms with E-state index >= 15 is 0 Å². The second-order valence-electron chi connectivity index (χ2n) is 2.55. The molecule has 0 amide bonds. The first-order valence-corrected chi connectivity index (χ1v) is 3.84. The third kappa shape index (κ3) is 2.17. The highest BCUT2D eigenvalue weighted by atomic mass is 15.3. The molecule has 70 valence electrons. The van der Waals surface area contributed by atoms with Crippen LogP contribution in [0.4, 0.5) is 0 Å². The van der Waals surface area contributed by atoms with Gasteiger partial charge in [-0.15, -0.1) is 0 Å². The Balaban J connectivity index is 2.85. The molecule has 0 aliphatic heterocycles. The molecular formula is C8H13N5. The van der Waals surface area contributed by atoms with E-state index in [0.29, 0.717) is 5.84 Å². The van der Waals surface area contributed by atoms with Gasteiger partial charge < -0.3 is 17.0 Å². The summed E-state index contributed by atoms with van der Waals surface area (Å²) in [6, 6.07) is 9.04. The van der Waals surface area contributed by atoms with Crippen LogP contribution >= 0.6 is 0 Å². The number of amidine groups is 1. The molecule has 1 aromatic rings. The van der Waals surface area contributed by atoms with Crippen molar-refractivity contribution in [3.05, 3.63) is 35.9 Å². The van der Waals surface area contributed by atoms with Crippen molar-refractivity contribution in [2.45, 2.75) is 6.04 Å². The fourth-order valence-corrected chi connectivity index (χ4v) is 1.03. The van der Waals surface area contributed by atoms with E-state index in [9.17, 15) is 0 Å². The number of benzene rings is 1. The van der Waals surface area contributed by atoms with Gasteiger partial charge >= 0.3 is 0 Å². The molecule has 0 spiro atoms. The van der Waals surface area contributed by atoms with Crippen LogP contribution in [0.5, 0.6) is 0 Å². The molecule has 1 aromatic carbocycles. The van der Waals surface area contributed by atoms with Crippen molar-refractivity contribution in [1.82, 2.24) is 5.43 Å². The molecule has 0 saturated heterocycles. The number of nitrogens with two attached hydrogens (primary N) is 3. The van der Waals surface area contributed by atoms with Gasteiger partial charge in [0.15, 0.2) is 5.84 Å². The van der Waals surface area contributed by atoms with E-state index in [0.717, 1.165) is 5.56 Å². The van der Waals surface area contributed by atoms with E-state index in [1.165, 1.54) is 0 Å². The lowest BCUT2D eigenvalue weighted by Gasteiger charge is -2.12. The molecule has 0 aliphatic rings. The Kier molecular flexibility index (Phi) is 3.24. The summed E-state index contributed by atoms with van der Waals surface area (Å²) in [5.41, 5.74) is 9.06. The highest BCUT2D eigenvalue weighted by Gasteiger charge is 2.11. The number of hydrazone groups is 1. The topological polar surface area (TPSA) is 102 Å². The lowest BCUT2D eigenvalue weighted by molar-refractivity contribution is 0.857. The summed E-state index contributed by atoms with van der Waals surface area (Å²) in [6.45, 7) is 0. The number of nitrogens with zero attached hydrogens (tertiary/aromatic N) is 1. The predicted octanol–water partition coefficient (Wildman–Crippen LogP) is -0.578. The van der Waals surface area contributed by atoms with Crippen LogP contribution in [0.1, 0.15) is 11.6 Å². The molecule has 0 aromatic heterocycles. The monoisotopic (exact) mass is 179 g/mol. The minimum atomic E-state index is -0.406. The number of nitrogens with one attached hydrogen (secondary N) is 1. The first-order chi connectivity index (χ1) is 6.29. The van der Waals surface area contributed by atoms with E-state index in [-0.39, 0.29) is 0 Å². The number of hydrogen-bond acceptors (Lipinski definition) is 4. The van der Waals surface area contributed by atoms with Gasteiger partial charge in [-0.1, -0.05) is 30.3 Å². The van der Waals surface area contributed by atoms with Crippen LogP contribution in [0, 0.1) is 0 Å².